The normalized spacial score (nSPS) is 14.0. The van der Waals surface area contributed by atoms with Crippen molar-refractivity contribution in [1.29, 1.82) is 0 Å². The predicted octanol–water partition coefficient (Wildman–Crippen LogP) is 2.61. The molecule has 1 fully saturated rings. The van der Waals surface area contributed by atoms with Crippen LogP contribution in [0.25, 0.3) is 22.4 Å². The van der Waals surface area contributed by atoms with Crippen molar-refractivity contribution in [1.82, 2.24) is 28.7 Å². The first-order valence-corrected chi connectivity index (χ1v) is 11.1. The molecule has 166 valence electrons. The Morgan fingerprint density at radius 3 is 2.62 bits per heavy atom. The topological polar surface area (TPSA) is 86.1 Å². The Labute approximate surface area is 184 Å². The van der Waals surface area contributed by atoms with Gasteiger partial charge in [0.25, 0.3) is 0 Å². The van der Waals surface area contributed by atoms with E-state index in [2.05, 4.69) is 17.1 Å². The van der Waals surface area contributed by atoms with Gasteiger partial charge in [-0.1, -0.05) is 13.3 Å². The molecule has 0 saturated carbocycles. The van der Waals surface area contributed by atoms with Gasteiger partial charge in [-0.05, 0) is 49.6 Å². The molecule has 0 N–H and O–H groups in total. The highest BCUT2D eigenvalue weighted by Crippen LogP contribution is 2.24. The number of unbranched alkanes of at least 4 members (excludes halogenated alkanes) is 1. The molecule has 0 radical (unpaired) electrons. The maximum Gasteiger partial charge on any atom is 0.350 e. The van der Waals surface area contributed by atoms with Gasteiger partial charge in [-0.2, -0.15) is 5.10 Å². The van der Waals surface area contributed by atoms with Crippen molar-refractivity contribution >= 4 is 17.1 Å². The summed E-state index contributed by atoms with van der Waals surface area (Å²) in [4.78, 5) is 27.1. The molecule has 1 aromatic carbocycles. The minimum atomic E-state index is -0.327. The third kappa shape index (κ3) is 3.74. The van der Waals surface area contributed by atoms with Gasteiger partial charge in [0, 0.05) is 31.0 Å². The van der Waals surface area contributed by atoms with Crippen LogP contribution in [0.2, 0.25) is 0 Å². The van der Waals surface area contributed by atoms with Crippen molar-refractivity contribution in [2.45, 2.75) is 39.2 Å². The van der Waals surface area contributed by atoms with E-state index in [1.807, 2.05) is 30.3 Å². The van der Waals surface area contributed by atoms with Gasteiger partial charge in [0.2, 0.25) is 5.91 Å². The highest BCUT2D eigenvalue weighted by Gasteiger charge is 2.21. The summed E-state index contributed by atoms with van der Waals surface area (Å²) >= 11 is 0. The maximum absolute atomic E-state index is 12.8. The van der Waals surface area contributed by atoms with Crippen LogP contribution in [0.15, 0.2) is 47.5 Å². The molecule has 0 unspecified atom stereocenters. The third-order valence-corrected chi connectivity index (χ3v) is 5.85. The molecule has 4 heterocycles. The molecule has 5 rings (SSSR count). The highest BCUT2D eigenvalue weighted by molar-refractivity contribution is 5.78. The summed E-state index contributed by atoms with van der Waals surface area (Å²) in [6.45, 7) is 4.29. The number of amides is 1. The first-order chi connectivity index (χ1) is 15.6. The summed E-state index contributed by atoms with van der Waals surface area (Å²) < 4.78 is 10.1. The number of carbonyl (C=O) groups excluding carboxylic acids is 1. The number of rotatable bonds is 7. The zero-order chi connectivity index (χ0) is 22.1. The average molecular weight is 435 g/mol. The Kier molecular flexibility index (Phi) is 5.38. The molecule has 1 saturated heterocycles. The largest absolute Gasteiger partial charge is 0.494 e. The molecular formula is C23H26N6O3. The molecule has 0 atom stereocenters. The fraction of sp³-hybridized carbons (Fsp3) is 0.391. The molecule has 0 aliphatic carbocycles. The zero-order valence-corrected chi connectivity index (χ0v) is 18.1. The van der Waals surface area contributed by atoms with Crippen molar-refractivity contribution in [3.8, 4) is 17.0 Å². The molecule has 0 spiro atoms. The number of fused-ring (bicyclic) bond motifs is 3. The van der Waals surface area contributed by atoms with Crippen LogP contribution in [-0.4, -0.2) is 54.3 Å². The lowest BCUT2D eigenvalue weighted by atomic mass is 10.1. The summed E-state index contributed by atoms with van der Waals surface area (Å²) in [5, 5.41) is 9.09. The van der Waals surface area contributed by atoms with E-state index in [0.717, 1.165) is 55.8 Å². The monoisotopic (exact) mass is 434 g/mol. The van der Waals surface area contributed by atoms with Gasteiger partial charge < -0.3 is 9.64 Å². The predicted molar refractivity (Wildman–Crippen MR) is 120 cm³/mol. The van der Waals surface area contributed by atoms with Gasteiger partial charge >= 0.3 is 5.69 Å². The summed E-state index contributed by atoms with van der Waals surface area (Å²) in [7, 11) is 0. The Hall–Kier alpha value is -3.62. The minimum absolute atomic E-state index is 0.0485. The van der Waals surface area contributed by atoms with Crippen LogP contribution >= 0.6 is 0 Å². The van der Waals surface area contributed by atoms with Crippen molar-refractivity contribution in [2.75, 3.05) is 19.7 Å². The van der Waals surface area contributed by atoms with Crippen LogP contribution in [0.1, 0.15) is 32.6 Å². The van der Waals surface area contributed by atoms with E-state index in [4.69, 9.17) is 4.74 Å². The number of ether oxygens (including phenoxy) is 1. The second-order valence-corrected chi connectivity index (χ2v) is 8.11. The van der Waals surface area contributed by atoms with Gasteiger partial charge in [-0.25, -0.2) is 18.4 Å². The molecule has 1 aliphatic rings. The number of carbonyl (C=O) groups is 1. The summed E-state index contributed by atoms with van der Waals surface area (Å²) in [5.41, 5.74) is 2.57. The van der Waals surface area contributed by atoms with E-state index < -0.39 is 0 Å². The number of likely N-dealkylation sites (tertiary alicyclic amines) is 1. The zero-order valence-electron chi connectivity index (χ0n) is 18.1. The van der Waals surface area contributed by atoms with Crippen molar-refractivity contribution in [2.24, 2.45) is 0 Å². The number of hydrogen-bond donors (Lipinski definition) is 0. The maximum atomic E-state index is 12.8. The van der Waals surface area contributed by atoms with Crippen molar-refractivity contribution in [3.05, 3.63) is 53.2 Å². The molecule has 0 bridgehead atoms. The molecular weight excluding hydrogens is 408 g/mol. The molecule has 1 aliphatic heterocycles. The first-order valence-electron chi connectivity index (χ1n) is 11.1. The average Bonchev–Trinajstić information content (AvgIpc) is 3.54. The fourth-order valence-electron chi connectivity index (χ4n) is 4.03. The molecule has 1 amide bonds. The first kappa shape index (κ1) is 20.3. The lowest BCUT2D eigenvalue weighted by molar-refractivity contribution is -0.131. The van der Waals surface area contributed by atoms with E-state index in [-0.39, 0.29) is 18.1 Å². The highest BCUT2D eigenvalue weighted by atomic mass is 16.5. The smallest absolute Gasteiger partial charge is 0.350 e. The molecule has 9 nitrogen and oxygen atoms in total. The van der Waals surface area contributed by atoms with Gasteiger partial charge in [-0.15, -0.1) is 5.10 Å². The lowest BCUT2D eigenvalue weighted by Crippen LogP contribution is -2.34. The van der Waals surface area contributed by atoms with Gasteiger partial charge in [0.05, 0.1) is 12.3 Å². The van der Waals surface area contributed by atoms with E-state index in [1.54, 1.807) is 21.8 Å². The molecule has 9 heteroatoms. The van der Waals surface area contributed by atoms with Crippen molar-refractivity contribution < 1.29 is 9.53 Å². The summed E-state index contributed by atoms with van der Waals surface area (Å²) in [6.07, 6.45) is 7.51. The van der Waals surface area contributed by atoms with E-state index in [0.29, 0.717) is 17.8 Å². The van der Waals surface area contributed by atoms with Crippen LogP contribution in [0, 0.1) is 0 Å². The third-order valence-electron chi connectivity index (χ3n) is 5.85. The molecule has 32 heavy (non-hydrogen) atoms. The fourth-order valence-corrected chi connectivity index (χ4v) is 4.03. The summed E-state index contributed by atoms with van der Waals surface area (Å²) in [5.74, 6) is 0.765. The number of nitrogens with zero attached hydrogens (tertiary/aromatic N) is 6. The quantitative estimate of drug-likeness (QED) is 0.418. The van der Waals surface area contributed by atoms with Gasteiger partial charge in [-0.3, -0.25) is 4.79 Å². The van der Waals surface area contributed by atoms with Crippen LogP contribution in [0.4, 0.5) is 0 Å². The Balaban J connectivity index is 1.44. The molecule has 4 aromatic rings. The number of aromatic nitrogens is 5. The SMILES string of the molecule is CCCCOc1ccc(-c2cc3c4nn(CC(=O)N5CCCC5)c(=O)n4ccn3n2)cc1. The van der Waals surface area contributed by atoms with E-state index in [1.165, 1.54) is 9.08 Å². The van der Waals surface area contributed by atoms with Gasteiger partial charge in [0.15, 0.2) is 5.65 Å². The lowest BCUT2D eigenvalue weighted by Gasteiger charge is -2.14. The standard InChI is InChI=1S/C23H26N6O3/c1-2-3-14-32-18-8-6-17(7-9-18)19-15-20-22-25-29(16-21(30)26-10-4-5-11-26)23(31)27(22)12-13-28(20)24-19/h6-9,12-13,15H,2-5,10-11,14,16H2,1H3. The van der Waals surface area contributed by atoms with Gasteiger partial charge in [0.1, 0.15) is 17.8 Å². The summed E-state index contributed by atoms with van der Waals surface area (Å²) in [6, 6.07) is 9.72. The second kappa shape index (κ2) is 8.49. The van der Waals surface area contributed by atoms with Crippen LogP contribution in [-0.2, 0) is 11.3 Å². The minimum Gasteiger partial charge on any atom is -0.494 e. The van der Waals surface area contributed by atoms with Crippen molar-refractivity contribution in [3.63, 3.8) is 0 Å². The Morgan fingerprint density at radius 2 is 1.88 bits per heavy atom. The van der Waals surface area contributed by atoms with Crippen LogP contribution in [0.5, 0.6) is 5.75 Å². The van der Waals surface area contributed by atoms with E-state index in [9.17, 15) is 9.59 Å². The Morgan fingerprint density at radius 1 is 1.09 bits per heavy atom. The van der Waals surface area contributed by atoms with Crippen LogP contribution in [0.3, 0.4) is 0 Å². The van der Waals surface area contributed by atoms with E-state index >= 15 is 0 Å². The molecule has 3 aromatic heterocycles. The number of hydrogen-bond acceptors (Lipinski definition) is 5. The second-order valence-electron chi connectivity index (χ2n) is 8.11. The number of benzene rings is 1. The Bertz CT molecular complexity index is 1310. The van der Waals surface area contributed by atoms with Crippen LogP contribution < -0.4 is 10.4 Å².